The first kappa shape index (κ1) is 37.3. The van der Waals surface area contributed by atoms with Crippen LogP contribution in [0.25, 0.3) is 11.0 Å². The number of hydrogen-bond donors (Lipinski definition) is 4. The van der Waals surface area contributed by atoms with Crippen molar-refractivity contribution in [2.24, 2.45) is 5.73 Å². The largest absolute Gasteiger partial charge is 0.490 e. The third kappa shape index (κ3) is 9.79. The molecule has 0 saturated carbocycles. The summed E-state index contributed by atoms with van der Waals surface area (Å²) in [5.41, 5.74) is 8.74. The quantitative estimate of drug-likeness (QED) is 0.270. The molecule has 0 bridgehead atoms. The van der Waals surface area contributed by atoms with Crippen molar-refractivity contribution < 1.29 is 59.4 Å². The number of sulfonamides is 1. The molecule has 1 unspecified atom stereocenters. The van der Waals surface area contributed by atoms with E-state index in [-0.39, 0.29) is 18.4 Å². The number of imidazole rings is 1. The van der Waals surface area contributed by atoms with Gasteiger partial charge in [0.1, 0.15) is 11.1 Å². The van der Waals surface area contributed by atoms with Crippen molar-refractivity contribution in [1.29, 1.82) is 0 Å². The average molecular weight is 689 g/mol. The number of carboxylic acids is 2. The molecule has 1 aromatic heterocycles. The summed E-state index contributed by atoms with van der Waals surface area (Å²) in [4.78, 5) is 37.9. The number of aromatic amines is 1. The lowest BCUT2D eigenvalue weighted by Crippen LogP contribution is -2.45. The van der Waals surface area contributed by atoms with Gasteiger partial charge >= 0.3 is 24.3 Å². The van der Waals surface area contributed by atoms with Gasteiger partial charge in [0, 0.05) is 5.02 Å². The number of aromatic nitrogens is 2. The molecule has 11 nitrogen and oxygen atoms in total. The van der Waals surface area contributed by atoms with Crippen LogP contribution in [0.1, 0.15) is 55.4 Å². The van der Waals surface area contributed by atoms with E-state index in [1.165, 1.54) is 0 Å². The molecule has 1 aliphatic rings. The second kappa shape index (κ2) is 13.6. The Kier molecular flexibility index (Phi) is 11.3. The monoisotopic (exact) mass is 688 g/mol. The molecule has 45 heavy (non-hydrogen) atoms. The van der Waals surface area contributed by atoms with Gasteiger partial charge in [-0.1, -0.05) is 35.9 Å². The minimum absolute atomic E-state index is 0.0417. The highest BCUT2D eigenvalue weighted by Crippen LogP contribution is 2.40. The predicted octanol–water partition coefficient (Wildman–Crippen LogP) is 5.13. The summed E-state index contributed by atoms with van der Waals surface area (Å²) in [6.45, 7) is 5.17. The molecule has 248 valence electrons. The Bertz CT molecular complexity index is 1630. The standard InChI is InChI=1S/C22H25ClN4O3S.2C2HF3O2/c1-22(2,3)27-20(28)12-19(31(27,29)30)14-6-4-13(5-7-14)10-16(24)21-25-17-9-8-15(23)11-18(17)26-21;2*3-2(4,5)1(6)7/h4-9,11,16,19H,10,12,24H2,1-3H3,(H,25,26);2*(H,6,7)/t16-,19?;;/m0../s1. The van der Waals surface area contributed by atoms with E-state index in [0.29, 0.717) is 22.8 Å². The molecule has 19 heteroatoms. The number of nitrogens with zero attached hydrogens (tertiary/aromatic N) is 2. The summed E-state index contributed by atoms with van der Waals surface area (Å²) in [7, 11) is -3.75. The van der Waals surface area contributed by atoms with Crippen molar-refractivity contribution in [2.75, 3.05) is 0 Å². The molecular formula is C26H27ClF6N4O7S. The maximum Gasteiger partial charge on any atom is 0.490 e. The van der Waals surface area contributed by atoms with E-state index in [0.717, 1.165) is 20.9 Å². The number of nitrogens with one attached hydrogen (secondary N) is 1. The van der Waals surface area contributed by atoms with Crippen LogP contribution in [0, 0.1) is 0 Å². The van der Waals surface area contributed by atoms with Crippen molar-refractivity contribution in [3.8, 4) is 0 Å². The summed E-state index contributed by atoms with van der Waals surface area (Å²) in [5.74, 6) is -5.22. The average Bonchev–Trinajstić information content (AvgIpc) is 3.40. The Morgan fingerprint density at radius 1 is 1.02 bits per heavy atom. The second-order valence-corrected chi connectivity index (χ2v) is 12.9. The Hall–Kier alpha value is -3.90. The summed E-state index contributed by atoms with van der Waals surface area (Å²) >= 11 is 6.02. The van der Waals surface area contributed by atoms with Gasteiger partial charge in [0.15, 0.2) is 0 Å². The number of carbonyl (C=O) groups is 3. The highest BCUT2D eigenvalue weighted by atomic mass is 35.5. The smallest absolute Gasteiger partial charge is 0.475 e. The van der Waals surface area contributed by atoms with Crippen LogP contribution in [0.4, 0.5) is 26.3 Å². The van der Waals surface area contributed by atoms with E-state index in [1.54, 1.807) is 45.0 Å². The van der Waals surface area contributed by atoms with Crippen LogP contribution >= 0.6 is 11.6 Å². The van der Waals surface area contributed by atoms with Gasteiger partial charge in [-0.2, -0.15) is 26.3 Å². The number of alkyl halides is 6. The van der Waals surface area contributed by atoms with Crippen LogP contribution in [0.5, 0.6) is 0 Å². The molecule has 4 rings (SSSR count). The molecule has 0 spiro atoms. The predicted molar refractivity (Wildman–Crippen MR) is 148 cm³/mol. The number of rotatable bonds is 4. The highest BCUT2D eigenvalue weighted by molar-refractivity contribution is 7.90. The molecule has 2 atom stereocenters. The van der Waals surface area contributed by atoms with Gasteiger partial charge in [-0.15, -0.1) is 0 Å². The molecule has 1 saturated heterocycles. The second-order valence-electron chi connectivity index (χ2n) is 10.5. The third-order valence-corrected chi connectivity index (χ3v) is 8.57. The van der Waals surface area contributed by atoms with Crippen molar-refractivity contribution in [1.82, 2.24) is 14.3 Å². The number of H-pyrrole nitrogens is 1. The Labute approximate surface area is 257 Å². The van der Waals surface area contributed by atoms with Crippen molar-refractivity contribution >= 4 is 50.5 Å². The lowest BCUT2D eigenvalue weighted by molar-refractivity contribution is -0.193. The van der Waals surface area contributed by atoms with Gasteiger partial charge in [0.2, 0.25) is 15.9 Å². The molecule has 1 amide bonds. The summed E-state index contributed by atoms with van der Waals surface area (Å²) in [5, 5.41) is 14.0. The molecular weight excluding hydrogens is 662 g/mol. The first-order valence-corrected chi connectivity index (χ1v) is 14.4. The van der Waals surface area contributed by atoms with E-state index in [2.05, 4.69) is 9.97 Å². The maximum absolute atomic E-state index is 13.0. The number of hydrogen-bond acceptors (Lipinski definition) is 7. The molecule has 1 aliphatic heterocycles. The summed E-state index contributed by atoms with van der Waals surface area (Å²) in [6.07, 6.45) is -9.68. The number of amides is 1. The topological polar surface area (TPSA) is 184 Å². The van der Waals surface area contributed by atoms with Crippen molar-refractivity contribution in [3.63, 3.8) is 0 Å². The Morgan fingerprint density at radius 3 is 1.93 bits per heavy atom. The van der Waals surface area contributed by atoms with Crippen LogP contribution in [-0.4, -0.2) is 68.6 Å². The number of aliphatic carboxylic acids is 2. The molecule has 0 aliphatic carbocycles. The minimum Gasteiger partial charge on any atom is -0.475 e. The number of nitrogens with two attached hydrogens (primary N) is 1. The zero-order valence-corrected chi connectivity index (χ0v) is 25.1. The fraction of sp³-hybridized carbons (Fsp3) is 0.385. The van der Waals surface area contributed by atoms with Gasteiger partial charge in [0.25, 0.3) is 0 Å². The van der Waals surface area contributed by atoms with Gasteiger partial charge in [-0.3, -0.25) is 4.79 Å². The van der Waals surface area contributed by atoms with Gasteiger partial charge < -0.3 is 20.9 Å². The molecule has 2 aromatic carbocycles. The summed E-state index contributed by atoms with van der Waals surface area (Å²) in [6, 6.07) is 12.3. The minimum atomic E-state index is -5.08. The molecule has 2 heterocycles. The Morgan fingerprint density at radius 2 is 1.51 bits per heavy atom. The van der Waals surface area contributed by atoms with Crippen LogP contribution in [0.2, 0.25) is 5.02 Å². The number of carbonyl (C=O) groups excluding carboxylic acids is 1. The number of halogens is 7. The zero-order valence-electron chi connectivity index (χ0n) is 23.6. The number of fused-ring (bicyclic) bond motifs is 1. The van der Waals surface area contributed by atoms with E-state index < -0.39 is 45.1 Å². The normalized spacial score (nSPS) is 17.2. The van der Waals surface area contributed by atoms with Gasteiger partial charge in [-0.05, 0) is 56.5 Å². The van der Waals surface area contributed by atoms with Crippen LogP contribution in [0.3, 0.4) is 0 Å². The van der Waals surface area contributed by atoms with Crippen molar-refractivity contribution in [2.45, 2.75) is 62.8 Å². The highest BCUT2D eigenvalue weighted by Gasteiger charge is 2.49. The molecule has 5 N–H and O–H groups in total. The van der Waals surface area contributed by atoms with E-state index in [9.17, 15) is 39.6 Å². The molecule has 1 fully saturated rings. The fourth-order valence-electron chi connectivity index (χ4n) is 4.06. The lowest BCUT2D eigenvalue weighted by atomic mass is 10.0. The molecule has 3 aromatic rings. The van der Waals surface area contributed by atoms with Crippen LogP contribution in [0.15, 0.2) is 42.5 Å². The number of benzene rings is 2. The summed E-state index contributed by atoms with van der Waals surface area (Å²) < 4.78 is 90.4. The molecule has 0 radical (unpaired) electrons. The van der Waals surface area contributed by atoms with Gasteiger partial charge in [-0.25, -0.2) is 27.3 Å². The van der Waals surface area contributed by atoms with Crippen LogP contribution < -0.4 is 5.73 Å². The van der Waals surface area contributed by atoms with E-state index >= 15 is 0 Å². The third-order valence-electron chi connectivity index (χ3n) is 5.92. The first-order valence-electron chi connectivity index (χ1n) is 12.5. The fourth-order valence-corrected chi connectivity index (χ4v) is 6.46. The Balaban J connectivity index is 0.000000421. The van der Waals surface area contributed by atoms with Crippen LogP contribution in [-0.2, 0) is 30.8 Å². The lowest BCUT2D eigenvalue weighted by Gasteiger charge is -2.30. The number of carboxylic acid groups (broad SMARTS) is 2. The van der Waals surface area contributed by atoms with E-state index in [1.807, 2.05) is 18.2 Å². The first-order chi connectivity index (χ1) is 20.4. The zero-order chi connectivity index (χ0) is 34.7. The maximum atomic E-state index is 13.0. The SMILES string of the molecule is CC(C)(C)N1C(=O)CC(c2ccc(C[C@H](N)c3nc4ccc(Cl)cc4[nH]3)cc2)S1(=O)=O.O=C(O)C(F)(F)F.O=C(O)C(F)(F)F. The van der Waals surface area contributed by atoms with Crippen molar-refractivity contribution in [3.05, 3.63) is 64.4 Å². The van der Waals surface area contributed by atoms with Gasteiger partial charge in [0.05, 0.1) is 29.0 Å². The van der Waals surface area contributed by atoms with E-state index in [4.69, 9.17) is 37.1 Å².